The molecule has 0 fully saturated rings. The summed E-state index contributed by atoms with van der Waals surface area (Å²) in [6.45, 7) is 0.486. The number of hydrogen-bond donors (Lipinski definition) is 2. The Morgan fingerprint density at radius 3 is 2.26 bits per heavy atom. The molecule has 0 heterocycles. The lowest BCUT2D eigenvalue weighted by atomic mass is 10.2. The van der Waals surface area contributed by atoms with E-state index < -0.39 is 11.7 Å². The molecule has 0 saturated heterocycles. The van der Waals surface area contributed by atoms with Crippen molar-refractivity contribution in [3.05, 3.63) is 95.8 Å². The van der Waals surface area contributed by atoms with E-state index in [0.29, 0.717) is 17.9 Å². The number of halogens is 1. The fourth-order valence-electron chi connectivity index (χ4n) is 2.31. The second-order valence-corrected chi connectivity index (χ2v) is 6.12. The summed E-state index contributed by atoms with van der Waals surface area (Å²) >= 11 is 5.14. The summed E-state index contributed by atoms with van der Waals surface area (Å²) in [4.78, 5) is 12.0. The maximum absolute atomic E-state index is 12.9. The van der Waals surface area contributed by atoms with Gasteiger partial charge < -0.3 is 10.1 Å². The third kappa shape index (κ3) is 5.62. The van der Waals surface area contributed by atoms with Gasteiger partial charge in [0.15, 0.2) is 5.11 Å². The first-order valence-corrected chi connectivity index (χ1v) is 8.66. The quantitative estimate of drug-likeness (QED) is 0.639. The third-order valence-corrected chi connectivity index (χ3v) is 3.90. The van der Waals surface area contributed by atoms with E-state index in [-0.39, 0.29) is 5.11 Å². The minimum Gasteiger partial charge on any atom is -0.489 e. The number of carbonyl (C=O) groups is 1. The maximum atomic E-state index is 12.9. The highest BCUT2D eigenvalue weighted by molar-refractivity contribution is 7.80. The highest BCUT2D eigenvalue weighted by atomic mass is 32.1. The maximum Gasteiger partial charge on any atom is 0.257 e. The number of ether oxygens (including phenoxy) is 1. The van der Waals surface area contributed by atoms with E-state index in [1.165, 1.54) is 24.3 Å². The summed E-state index contributed by atoms with van der Waals surface area (Å²) in [6, 6.07) is 22.4. The lowest BCUT2D eigenvalue weighted by Gasteiger charge is -2.11. The van der Waals surface area contributed by atoms with Crippen molar-refractivity contribution in [3.8, 4) is 5.75 Å². The van der Waals surface area contributed by atoms with Gasteiger partial charge in [0.2, 0.25) is 0 Å². The Balaban J connectivity index is 1.50. The zero-order valence-corrected chi connectivity index (χ0v) is 15.1. The van der Waals surface area contributed by atoms with Gasteiger partial charge in [-0.1, -0.05) is 30.3 Å². The van der Waals surface area contributed by atoms with E-state index in [2.05, 4.69) is 10.6 Å². The van der Waals surface area contributed by atoms with Crippen LogP contribution in [0.4, 0.5) is 10.1 Å². The lowest BCUT2D eigenvalue weighted by molar-refractivity contribution is 0.0977. The normalized spacial score (nSPS) is 10.1. The highest BCUT2D eigenvalue weighted by Crippen LogP contribution is 2.17. The van der Waals surface area contributed by atoms with Gasteiger partial charge in [-0.2, -0.15) is 0 Å². The van der Waals surface area contributed by atoms with Crippen LogP contribution in [0.3, 0.4) is 0 Å². The third-order valence-electron chi connectivity index (χ3n) is 3.69. The molecular formula is C21H17FN2O2S. The van der Waals surface area contributed by atoms with Crippen LogP contribution in [-0.2, 0) is 6.61 Å². The van der Waals surface area contributed by atoms with E-state index in [4.69, 9.17) is 17.0 Å². The van der Waals surface area contributed by atoms with E-state index in [1.54, 1.807) is 12.1 Å². The Bertz CT molecular complexity index is 913. The molecular weight excluding hydrogens is 363 g/mol. The Morgan fingerprint density at radius 2 is 1.59 bits per heavy atom. The molecule has 0 aliphatic rings. The molecule has 27 heavy (non-hydrogen) atoms. The predicted molar refractivity (Wildman–Crippen MR) is 107 cm³/mol. The standard InChI is InChI=1S/C21H17FN2O2S/c22-17-8-6-16(7-9-17)20(25)24-21(27)23-18-10-12-19(13-11-18)26-14-15-4-2-1-3-5-15/h1-13H,14H2,(H2,23,24,25,27). The lowest BCUT2D eigenvalue weighted by Crippen LogP contribution is -2.34. The molecule has 3 aromatic carbocycles. The van der Waals surface area contributed by atoms with Gasteiger partial charge in [-0.05, 0) is 66.3 Å². The first kappa shape index (κ1) is 18.5. The predicted octanol–water partition coefficient (Wildman–Crippen LogP) is 4.53. The molecule has 0 aliphatic heterocycles. The highest BCUT2D eigenvalue weighted by Gasteiger charge is 2.08. The zero-order valence-electron chi connectivity index (χ0n) is 14.3. The summed E-state index contributed by atoms with van der Waals surface area (Å²) in [5.74, 6) is -0.0807. The number of anilines is 1. The van der Waals surface area contributed by atoms with Gasteiger partial charge >= 0.3 is 0 Å². The average molecular weight is 380 g/mol. The van der Waals surface area contributed by atoms with Gasteiger partial charge in [0.05, 0.1) is 0 Å². The zero-order chi connectivity index (χ0) is 19.1. The van der Waals surface area contributed by atoms with Gasteiger partial charge in [-0.3, -0.25) is 10.1 Å². The molecule has 6 heteroatoms. The van der Waals surface area contributed by atoms with Gasteiger partial charge in [0, 0.05) is 11.3 Å². The van der Waals surface area contributed by atoms with Crippen molar-refractivity contribution in [2.24, 2.45) is 0 Å². The van der Waals surface area contributed by atoms with Crippen LogP contribution in [0.25, 0.3) is 0 Å². The number of amides is 1. The number of nitrogens with one attached hydrogen (secondary N) is 2. The number of thiocarbonyl (C=S) groups is 1. The topological polar surface area (TPSA) is 50.4 Å². The number of rotatable bonds is 5. The van der Waals surface area contributed by atoms with Gasteiger partial charge in [-0.15, -0.1) is 0 Å². The van der Waals surface area contributed by atoms with Crippen LogP contribution in [0.1, 0.15) is 15.9 Å². The first-order valence-electron chi connectivity index (χ1n) is 8.25. The van der Waals surface area contributed by atoms with Gasteiger partial charge in [-0.25, -0.2) is 4.39 Å². The molecule has 0 bridgehead atoms. The van der Waals surface area contributed by atoms with Crippen LogP contribution in [0.15, 0.2) is 78.9 Å². The molecule has 4 nitrogen and oxygen atoms in total. The van der Waals surface area contributed by atoms with Crippen LogP contribution in [0.2, 0.25) is 0 Å². The summed E-state index contributed by atoms with van der Waals surface area (Å²) in [6.07, 6.45) is 0. The summed E-state index contributed by atoms with van der Waals surface area (Å²) < 4.78 is 18.6. The molecule has 0 aliphatic carbocycles. The fraction of sp³-hybridized carbons (Fsp3) is 0.0476. The molecule has 0 aromatic heterocycles. The molecule has 0 unspecified atom stereocenters. The van der Waals surface area contributed by atoms with Crippen LogP contribution < -0.4 is 15.4 Å². The monoisotopic (exact) mass is 380 g/mol. The second kappa shape index (κ2) is 8.91. The summed E-state index contributed by atoms with van der Waals surface area (Å²) in [5, 5.41) is 5.63. The van der Waals surface area contributed by atoms with Crippen molar-refractivity contribution in [1.82, 2.24) is 5.32 Å². The van der Waals surface area contributed by atoms with E-state index in [9.17, 15) is 9.18 Å². The fourth-order valence-corrected chi connectivity index (χ4v) is 2.52. The molecule has 2 N–H and O–H groups in total. The molecule has 1 amide bonds. The van der Waals surface area contributed by atoms with Crippen molar-refractivity contribution in [1.29, 1.82) is 0 Å². The van der Waals surface area contributed by atoms with E-state index in [1.807, 2.05) is 42.5 Å². The van der Waals surface area contributed by atoms with Crippen LogP contribution in [0.5, 0.6) is 5.75 Å². The van der Waals surface area contributed by atoms with Crippen molar-refractivity contribution in [2.75, 3.05) is 5.32 Å². The minimum absolute atomic E-state index is 0.155. The first-order chi connectivity index (χ1) is 13.1. The number of carbonyl (C=O) groups excluding carboxylic acids is 1. The molecule has 0 atom stereocenters. The molecule has 0 saturated carbocycles. The van der Waals surface area contributed by atoms with Crippen LogP contribution >= 0.6 is 12.2 Å². The smallest absolute Gasteiger partial charge is 0.257 e. The van der Waals surface area contributed by atoms with Gasteiger partial charge in [0.25, 0.3) is 5.91 Å². The Hall–Kier alpha value is -3.25. The molecule has 136 valence electrons. The Labute approximate surface area is 162 Å². The number of benzene rings is 3. The second-order valence-electron chi connectivity index (χ2n) is 5.71. The average Bonchev–Trinajstić information content (AvgIpc) is 2.68. The Morgan fingerprint density at radius 1 is 0.926 bits per heavy atom. The molecule has 0 radical (unpaired) electrons. The molecule has 3 aromatic rings. The van der Waals surface area contributed by atoms with Crippen LogP contribution in [0, 0.1) is 5.82 Å². The van der Waals surface area contributed by atoms with Crippen LogP contribution in [-0.4, -0.2) is 11.0 Å². The molecule has 3 rings (SSSR count). The van der Waals surface area contributed by atoms with Crippen molar-refractivity contribution < 1.29 is 13.9 Å². The van der Waals surface area contributed by atoms with Crippen molar-refractivity contribution >= 4 is 28.9 Å². The van der Waals surface area contributed by atoms with Crippen molar-refractivity contribution in [2.45, 2.75) is 6.61 Å². The van der Waals surface area contributed by atoms with Gasteiger partial charge in [0.1, 0.15) is 18.2 Å². The Kier molecular flexibility index (Phi) is 6.12. The SMILES string of the molecule is O=C(NC(=S)Nc1ccc(OCc2ccccc2)cc1)c1ccc(F)cc1. The summed E-state index contributed by atoms with van der Waals surface area (Å²) in [7, 11) is 0. The van der Waals surface area contributed by atoms with E-state index in [0.717, 1.165) is 11.3 Å². The number of hydrogen-bond acceptors (Lipinski definition) is 3. The minimum atomic E-state index is -0.407. The summed E-state index contributed by atoms with van der Waals surface area (Å²) in [5.41, 5.74) is 2.13. The molecule has 0 spiro atoms. The van der Waals surface area contributed by atoms with Crippen molar-refractivity contribution in [3.63, 3.8) is 0 Å². The van der Waals surface area contributed by atoms with E-state index >= 15 is 0 Å². The largest absolute Gasteiger partial charge is 0.489 e.